The molecule has 0 saturated heterocycles. The number of aryl methyl sites for hydroxylation is 1. The van der Waals surface area contributed by atoms with Gasteiger partial charge in [0, 0.05) is 15.4 Å². The van der Waals surface area contributed by atoms with Gasteiger partial charge in [-0.15, -0.1) is 11.3 Å². The molecule has 0 aliphatic carbocycles. The lowest BCUT2D eigenvalue weighted by molar-refractivity contribution is 1.29. The summed E-state index contributed by atoms with van der Waals surface area (Å²) >= 11 is 4.95. The second-order valence-corrected chi connectivity index (χ2v) is 6.60. The largest absolute Gasteiger partial charge is 0.253 e. The molecule has 0 bridgehead atoms. The van der Waals surface area contributed by atoms with Crippen LogP contribution in [0.25, 0.3) is 11.3 Å². The first-order valence-corrected chi connectivity index (χ1v) is 8.45. The summed E-state index contributed by atoms with van der Waals surface area (Å²) in [5.41, 5.74) is 7.34. The Bertz CT molecular complexity index is 776. The molecule has 22 heavy (non-hydrogen) atoms. The van der Waals surface area contributed by atoms with Gasteiger partial charge >= 0.3 is 0 Å². The molecule has 5 heteroatoms. The lowest BCUT2D eigenvalue weighted by Gasteiger charge is -1.97. The number of nitrogens with one attached hydrogen (secondary N) is 1. The van der Waals surface area contributed by atoms with Gasteiger partial charge in [0.05, 0.1) is 11.9 Å². The standard InChI is InChI=1S/C17H14BrN3S/c1-12-2-6-14(7-3-12)16-11-22-17(20-16)21-19-10-13-4-8-15(18)9-5-13/h2-11H,1H3,(H,20,21)/b19-10+. The summed E-state index contributed by atoms with van der Waals surface area (Å²) in [7, 11) is 0. The van der Waals surface area contributed by atoms with Gasteiger partial charge in [0.1, 0.15) is 0 Å². The minimum absolute atomic E-state index is 0.781. The van der Waals surface area contributed by atoms with E-state index in [-0.39, 0.29) is 0 Å². The topological polar surface area (TPSA) is 37.3 Å². The van der Waals surface area contributed by atoms with Crippen LogP contribution in [0.4, 0.5) is 5.13 Å². The normalized spacial score (nSPS) is 11.0. The summed E-state index contributed by atoms with van der Waals surface area (Å²) < 4.78 is 1.06. The number of anilines is 1. The number of aromatic nitrogens is 1. The summed E-state index contributed by atoms with van der Waals surface area (Å²) in [5.74, 6) is 0. The molecule has 1 N–H and O–H groups in total. The second-order valence-electron chi connectivity index (χ2n) is 4.83. The van der Waals surface area contributed by atoms with Crippen molar-refractivity contribution in [3.8, 4) is 11.3 Å². The predicted molar refractivity (Wildman–Crippen MR) is 97.6 cm³/mol. The van der Waals surface area contributed by atoms with Gasteiger partial charge in [0.15, 0.2) is 0 Å². The van der Waals surface area contributed by atoms with Gasteiger partial charge < -0.3 is 0 Å². The third-order valence-electron chi connectivity index (χ3n) is 3.10. The van der Waals surface area contributed by atoms with Crippen LogP contribution in [0.3, 0.4) is 0 Å². The van der Waals surface area contributed by atoms with E-state index in [0.29, 0.717) is 0 Å². The molecule has 2 aromatic carbocycles. The Morgan fingerprint density at radius 1 is 1.09 bits per heavy atom. The van der Waals surface area contributed by atoms with Gasteiger partial charge in [0.2, 0.25) is 5.13 Å². The number of rotatable bonds is 4. The van der Waals surface area contributed by atoms with Crippen molar-refractivity contribution in [2.45, 2.75) is 6.92 Å². The second kappa shape index (κ2) is 6.85. The van der Waals surface area contributed by atoms with Gasteiger partial charge in [0.25, 0.3) is 0 Å². The third kappa shape index (κ3) is 3.81. The molecule has 0 fully saturated rings. The predicted octanol–water partition coefficient (Wildman–Crippen LogP) is 5.33. The van der Waals surface area contributed by atoms with E-state index in [1.54, 1.807) is 17.6 Å². The maximum atomic E-state index is 4.54. The van der Waals surface area contributed by atoms with E-state index < -0.39 is 0 Å². The highest BCUT2D eigenvalue weighted by Crippen LogP contribution is 2.25. The van der Waals surface area contributed by atoms with Gasteiger partial charge in [-0.1, -0.05) is 57.9 Å². The molecule has 0 aliphatic rings. The zero-order chi connectivity index (χ0) is 15.4. The molecule has 0 aliphatic heterocycles. The molecule has 1 heterocycles. The van der Waals surface area contributed by atoms with Crippen molar-refractivity contribution in [3.63, 3.8) is 0 Å². The van der Waals surface area contributed by atoms with Crippen molar-refractivity contribution in [1.29, 1.82) is 0 Å². The van der Waals surface area contributed by atoms with E-state index in [1.165, 1.54) is 5.56 Å². The fraction of sp³-hybridized carbons (Fsp3) is 0.0588. The fourth-order valence-electron chi connectivity index (χ4n) is 1.89. The van der Waals surface area contributed by atoms with Crippen LogP contribution in [-0.2, 0) is 0 Å². The quantitative estimate of drug-likeness (QED) is 0.497. The molecule has 0 amide bonds. The number of hydrazone groups is 1. The molecule has 0 spiro atoms. The van der Waals surface area contributed by atoms with Crippen molar-refractivity contribution in [2.75, 3.05) is 5.43 Å². The monoisotopic (exact) mass is 371 g/mol. The first kappa shape index (κ1) is 14.9. The maximum Gasteiger partial charge on any atom is 0.203 e. The van der Waals surface area contributed by atoms with Crippen molar-refractivity contribution in [3.05, 3.63) is 69.5 Å². The fourth-order valence-corrected chi connectivity index (χ4v) is 2.83. The van der Waals surface area contributed by atoms with Crippen LogP contribution in [0.1, 0.15) is 11.1 Å². The van der Waals surface area contributed by atoms with Crippen LogP contribution in [0.5, 0.6) is 0 Å². The minimum Gasteiger partial charge on any atom is -0.253 e. The highest BCUT2D eigenvalue weighted by molar-refractivity contribution is 9.10. The summed E-state index contributed by atoms with van der Waals surface area (Å²) in [6.45, 7) is 2.08. The Hall–Kier alpha value is -1.98. The summed E-state index contributed by atoms with van der Waals surface area (Å²) in [6, 6.07) is 16.3. The molecule has 110 valence electrons. The number of nitrogens with zero attached hydrogens (tertiary/aromatic N) is 2. The van der Waals surface area contributed by atoms with Crippen LogP contribution in [0.2, 0.25) is 0 Å². The van der Waals surface area contributed by atoms with Gasteiger partial charge in [-0.2, -0.15) is 5.10 Å². The molecular formula is C17H14BrN3S. The van der Waals surface area contributed by atoms with Crippen LogP contribution in [0.15, 0.2) is 63.5 Å². The summed E-state index contributed by atoms with van der Waals surface area (Å²) in [6.07, 6.45) is 1.78. The summed E-state index contributed by atoms with van der Waals surface area (Å²) in [5, 5.41) is 7.03. The Kier molecular flexibility index (Phi) is 4.65. The minimum atomic E-state index is 0.781. The van der Waals surface area contributed by atoms with E-state index in [0.717, 1.165) is 26.4 Å². The van der Waals surface area contributed by atoms with Gasteiger partial charge in [-0.3, -0.25) is 5.43 Å². The molecule has 3 rings (SSSR count). The van der Waals surface area contributed by atoms with Crippen LogP contribution in [0, 0.1) is 6.92 Å². The van der Waals surface area contributed by atoms with Gasteiger partial charge in [-0.05, 0) is 24.6 Å². The average molecular weight is 372 g/mol. The Labute approximate surface area is 141 Å². The van der Waals surface area contributed by atoms with Crippen LogP contribution < -0.4 is 5.43 Å². The number of hydrogen-bond donors (Lipinski definition) is 1. The lowest BCUT2D eigenvalue weighted by Crippen LogP contribution is -1.90. The summed E-state index contributed by atoms with van der Waals surface area (Å²) in [4.78, 5) is 4.54. The van der Waals surface area contributed by atoms with Crippen molar-refractivity contribution in [1.82, 2.24) is 4.98 Å². The molecule has 3 aromatic rings. The van der Waals surface area contributed by atoms with E-state index in [2.05, 4.69) is 62.6 Å². The molecule has 3 nitrogen and oxygen atoms in total. The van der Waals surface area contributed by atoms with E-state index in [4.69, 9.17) is 0 Å². The lowest BCUT2D eigenvalue weighted by atomic mass is 10.1. The molecule has 0 unspecified atom stereocenters. The number of hydrogen-bond acceptors (Lipinski definition) is 4. The third-order valence-corrected chi connectivity index (χ3v) is 4.37. The van der Waals surface area contributed by atoms with Crippen molar-refractivity contribution >= 4 is 38.6 Å². The molecule has 0 atom stereocenters. The Balaban J connectivity index is 1.66. The Morgan fingerprint density at radius 3 is 2.55 bits per heavy atom. The highest BCUT2D eigenvalue weighted by Gasteiger charge is 2.03. The molecular weight excluding hydrogens is 358 g/mol. The molecule has 0 radical (unpaired) electrons. The maximum absolute atomic E-state index is 4.54. The Morgan fingerprint density at radius 2 is 1.82 bits per heavy atom. The van der Waals surface area contributed by atoms with Crippen LogP contribution in [-0.4, -0.2) is 11.2 Å². The zero-order valence-corrected chi connectivity index (χ0v) is 14.4. The number of thiazole rings is 1. The zero-order valence-electron chi connectivity index (χ0n) is 12.0. The van der Waals surface area contributed by atoms with E-state index >= 15 is 0 Å². The molecule has 0 saturated carbocycles. The smallest absolute Gasteiger partial charge is 0.203 e. The first-order chi connectivity index (χ1) is 10.7. The first-order valence-electron chi connectivity index (χ1n) is 6.78. The number of benzene rings is 2. The van der Waals surface area contributed by atoms with E-state index in [1.807, 2.05) is 29.6 Å². The van der Waals surface area contributed by atoms with E-state index in [9.17, 15) is 0 Å². The number of halogens is 1. The highest BCUT2D eigenvalue weighted by atomic mass is 79.9. The van der Waals surface area contributed by atoms with Crippen molar-refractivity contribution in [2.24, 2.45) is 5.10 Å². The van der Waals surface area contributed by atoms with Crippen molar-refractivity contribution < 1.29 is 0 Å². The SMILES string of the molecule is Cc1ccc(-c2csc(N/N=C/c3ccc(Br)cc3)n2)cc1. The van der Waals surface area contributed by atoms with Gasteiger partial charge in [-0.25, -0.2) is 4.98 Å². The average Bonchev–Trinajstić information content (AvgIpc) is 2.99. The van der Waals surface area contributed by atoms with Crippen LogP contribution >= 0.6 is 27.3 Å². The molecule has 1 aromatic heterocycles.